The molecule has 1 heterocycles. The summed E-state index contributed by atoms with van der Waals surface area (Å²) in [5.74, 6) is 0.196. The molecule has 0 spiro atoms. The first-order valence-corrected chi connectivity index (χ1v) is 8.54. The Kier molecular flexibility index (Phi) is 5.39. The van der Waals surface area contributed by atoms with Gasteiger partial charge in [0.1, 0.15) is 5.82 Å². The van der Waals surface area contributed by atoms with Gasteiger partial charge in [-0.25, -0.2) is 4.39 Å². The summed E-state index contributed by atoms with van der Waals surface area (Å²) in [6.07, 6.45) is 1.90. The van der Waals surface area contributed by atoms with E-state index in [1.807, 2.05) is 33.8 Å². The number of benzene rings is 1. The minimum atomic E-state index is -0.517. The van der Waals surface area contributed by atoms with Crippen LogP contribution in [0.1, 0.15) is 40.2 Å². The lowest BCUT2D eigenvalue weighted by Crippen LogP contribution is -2.41. The third kappa shape index (κ3) is 4.46. The number of hydrogen-bond donors (Lipinski definition) is 0. The molecule has 1 aliphatic heterocycles. The van der Waals surface area contributed by atoms with Crippen molar-refractivity contribution in [2.45, 2.75) is 45.8 Å². The zero-order valence-corrected chi connectivity index (χ0v) is 15.0. The van der Waals surface area contributed by atoms with Gasteiger partial charge in [0.25, 0.3) is 0 Å². The molecule has 1 aliphatic rings. The smallest absolute Gasteiger partial charge is 0.400 e. The second kappa shape index (κ2) is 6.79. The number of carbonyl (C=O) groups is 1. The molecule has 1 fully saturated rings. The van der Waals surface area contributed by atoms with Crippen molar-refractivity contribution in [1.82, 2.24) is 0 Å². The van der Waals surface area contributed by atoms with Crippen molar-refractivity contribution < 1.29 is 18.5 Å². The lowest BCUT2D eigenvalue weighted by atomic mass is 9.78. The summed E-state index contributed by atoms with van der Waals surface area (Å²) in [6, 6.07) is 6.20. The van der Waals surface area contributed by atoms with Crippen LogP contribution in [-0.4, -0.2) is 29.2 Å². The number of hydrogen-bond acceptors (Lipinski definition) is 4. The quantitative estimate of drug-likeness (QED) is 0.775. The highest BCUT2D eigenvalue weighted by atomic mass is 32.2. The van der Waals surface area contributed by atoms with E-state index in [1.165, 1.54) is 30.8 Å². The average Bonchev–Trinajstić information content (AvgIpc) is 2.65. The molecule has 3 nitrogen and oxygen atoms in total. The Morgan fingerprint density at radius 3 is 2.17 bits per heavy atom. The van der Waals surface area contributed by atoms with Gasteiger partial charge in [-0.1, -0.05) is 30.0 Å². The molecule has 23 heavy (non-hydrogen) atoms. The van der Waals surface area contributed by atoms with E-state index in [0.717, 1.165) is 11.0 Å². The molecular weight excluding hydrogens is 314 g/mol. The fraction of sp³-hybridized carbons (Fsp3) is 0.471. The van der Waals surface area contributed by atoms with Gasteiger partial charge in [0.15, 0.2) is 5.12 Å². The topological polar surface area (TPSA) is 35.5 Å². The predicted octanol–water partition coefficient (Wildman–Crippen LogP) is 4.12. The van der Waals surface area contributed by atoms with Crippen LogP contribution < -0.4 is 0 Å². The number of carbonyl (C=O) groups excluding carboxylic acids is 1. The third-order valence-corrected chi connectivity index (χ3v) is 5.10. The first kappa shape index (κ1) is 18.2. The second-order valence-corrected chi connectivity index (χ2v) is 7.79. The zero-order valence-electron chi connectivity index (χ0n) is 14.2. The van der Waals surface area contributed by atoms with Crippen LogP contribution in [0.25, 0.3) is 6.08 Å². The van der Waals surface area contributed by atoms with E-state index in [9.17, 15) is 9.18 Å². The van der Waals surface area contributed by atoms with Crippen LogP contribution in [0, 0.1) is 5.82 Å². The van der Waals surface area contributed by atoms with Crippen LogP contribution in [0.4, 0.5) is 4.39 Å². The molecule has 0 radical (unpaired) electrons. The highest BCUT2D eigenvalue weighted by Gasteiger charge is 2.52. The molecule has 2 rings (SSSR count). The Morgan fingerprint density at radius 1 is 1.17 bits per heavy atom. The van der Waals surface area contributed by atoms with E-state index >= 15 is 0 Å². The maximum Gasteiger partial charge on any atom is 0.491 e. The molecule has 0 bridgehead atoms. The van der Waals surface area contributed by atoms with Crippen molar-refractivity contribution in [1.29, 1.82) is 0 Å². The van der Waals surface area contributed by atoms with E-state index in [1.54, 1.807) is 12.1 Å². The van der Waals surface area contributed by atoms with Crippen LogP contribution in [-0.2, 0) is 14.1 Å². The molecular formula is C17H22BFO3S. The molecule has 0 aliphatic carbocycles. The Labute approximate surface area is 141 Å². The summed E-state index contributed by atoms with van der Waals surface area (Å²) < 4.78 is 25.2. The molecule has 0 N–H and O–H groups in total. The molecule has 0 amide bonds. The molecule has 1 saturated heterocycles. The minimum Gasteiger partial charge on any atom is -0.400 e. The van der Waals surface area contributed by atoms with Gasteiger partial charge >= 0.3 is 7.12 Å². The minimum absolute atomic E-state index is 0.0338. The predicted molar refractivity (Wildman–Crippen MR) is 93.6 cm³/mol. The Morgan fingerprint density at radius 2 is 1.70 bits per heavy atom. The standard InChI is InChI=1S/C17H22BFO3S/c1-12(20)23-11-14(10-13-6-8-15(19)9-7-13)18-21-16(2,3)17(4,5)22-18/h6-10H,11H2,1-5H3. The van der Waals surface area contributed by atoms with Crippen LogP contribution in [0.15, 0.2) is 29.7 Å². The number of thioether (sulfide) groups is 1. The van der Waals surface area contributed by atoms with Crippen molar-refractivity contribution in [2.24, 2.45) is 0 Å². The summed E-state index contributed by atoms with van der Waals surface area (Å²) in [6.45, 7) is 9.48. The molecule has 1 aromatic carbocycles. The molecule has 0 atom stereocenters. The Balaban J connectivity index is 2.28. The summed E-state index contributed by atoms with van der Waals surface area (Å²) in [5, 5.41) is 0.0338. The van der Waals surface area contributed by atoms with Crippen LogP contribution in [0.2, 0.25) is 0 Å². The Hall–Kier alpha value is -1.11. The van der Waals surface area contributed by atoms with E-state index in [2.05, 4.69) is 0 Å². The van der Waals surface area contributed by atoms with Gasteiger partial charge in [0.2, 0.25) is 0 Å². The van der Waals surface area contributed by atoms with E-state index < -0.39 is 18.3 Å². The summed E-state index contributed by atoms with van der Waals surface area (Å²) in [5.41, 5.74) is 0.816. The van der Waals surface area contributed by atoms with E-state index in [-0.39, 0.29) is 10.9 Å². The van der Waals surface area contributed by atoms with E-state index in [4.69, 9.17) is 9.31 Å². The van der Waals surface area contributed by atoms with Crippen molar-refractivity contribution in [3.63, 3.8) is 0 Å². The molecule has 1 aromatic rings. The van der Waals surface area contributed by atoms with Gasteiger partial charge in [0, 0.05) is 12.7 Å². The summed E-state index contributed by atoms with van der Waals surface area (Å²) in [4.78, 5) is 11.3. The average molecular weight is 336 g/mol. The van der Waals surface area contributed by atoms with Crippen molar-refractivity contribution in [2.75, 3.05) is 5.75 Å². The summed E-state index contributed by atoms with van der Waals surface area (Å²) in [7, 11) is -0.517. The fourth-order valence-corrected chi connectivity index (χ4v) is 2.72. The maximum absolute atomic E-state index is 13.1. The van der Waals surface area contributed by atoms with Crippen molar-refractivity contribution >= 4 is 30.1 Å². The number of rotatable bonds is 4. The van der Waals surface area contributed by atoms with Gasteiger partial charge in [0.05, 0.1) is 11.2 Å². The van der Waals surface area contributed by atoms with Gasteiger partial charge in [-0.3, -0.25) is 4.79 Å². The largest absolute Gasteiger partial charge is 0.491 e. The fourth-order valence-electron chi connectivity index (χ4n) is 2.13. The molecule has 0 unspecified atom stereocenters. The van der Waals surface area contributed by atoms with Gasteiger partial charge < -0.3 is 9.31 Å². The SMILES string of the molecule is CC(=O)SCC(=Cc1ccc(F)cc1)B1OC(C)(C)C(C)(C)O1. The van der Waals surface area contributed by atoms with Crippen LogP contribution in [0.5, 0.6) is 0 Å². The van der Waals surface area contributed by atoms with E-state index in [0.29, 0.717) is 5.75 Å². The summed E-state index contributed by atoms with van der Waals surface area (Å²) >= 11 is 1.21. The molecule has 0 saturated carbocycles. The highest BCUT2D eigenvalue weighted by molar-refractivity contribution is 8.13. The first-order valence-electron chi connectivity index (χ1n) is 7.56. The van der Waals surface area contributed by atoms with Gasteiger partial charge in [-0.05, 0) is 50.9 Å². The van der Waals surface area contributed by atoms with Crippen molar-refractivity contribution in [3.05, 3.63) is 41.1 Å². The van der Waals surface area contributed by atoms with Crippen LogP contribution in [0.3, 0.4) is 0 Å². The zero-order chi connectivity index (χ0) is 17.3. The molecule has 124 valence electrons. The van der Waals surface area contributed by atoms with Gasteiger partial charge in [-0.15, -0.1) is 0 Å². The second-order valence-electron chi connectivity index (χ2n) is 6.64. The van der Waals surface area contributed by atoms with Crippen LogP contribution >= 0.6 is 11.8 Å². The highest BCUT2D eigenvalue weighted by Crippen LogP contribution is 2.39. The molecule has 0 aromatic heterocycles. The molecule has 6 heteroatoms. The number of halogens is 1. The Bertz CT molecular complexity index is 595. The maximum atomic E-state index is 13.1. The third-order valence-electron chi connectivity index (χ3n) is 4.22. The normalized spacial score (nSPS) is 19.9. The van der Waals surface area contributed by atoms with Crippen molar-refractivity contribution in [3.8, 4) is 0 Å². The lowest BCUT2D eigenvalue weighted by molar-refractivity contribution is -0.109. The van der Waals surface area contributed by atoms with Gasteiger partial charge in [-0.2, -0.15) is 0 Å². The lowest BCUT2D eigenvalue weighted by Gasteiger charge is -2.32. The monoisotopic (exact) mass is 336 g/mol. The first-order chi connectivity index (χ1) is 10.6.